The van der Waals surface area contributed by atoms with Crippen LogP contribution in [-0.2, 0) is 4.74 Å². The van der Waals surface area contributed by atoms with Crippen molar-refractivity contribution in [1.82, 2.24) is 9.80 Å². The lowest BCUT2D eigenvalue weighted by Gasteiger charge is -2.40. The van der Waals surface area contributed by atoms with Gasteiger partial charge in [0.2, 0.25) is 0 Å². The largest absolute Gasteiger partial charge is 0.497 e. The fraction of sp³-hybridized carbons (Fsp3) is 0.667. The lowest BCUT2D eigenvalue weighted by molar-refractivity contribution is 0.0325. The molecule has 136 valence electrons. The van der Waals surface area contributed by atoms with E-state index in [-0.39, 0.29) is 0 Å². The normalized spacial score (nSPS) is 20.8. The van der Waals surface area contributed by atoms with Gasteiger partial charge in [0.15, 0.2) is 0 Å². The molecule has 6 nitrogen and oxygen atoms in total. The number of ether oxygens (including phenoxy) is 3. The molecule has 0 unspecified atom stereocenters. The Hall–Kier alpha value is -1.34. The van der Waals surface area contributed by atoms with Crippen molar-refractivity contribution >= 4 is 0 Å². The van der Waals surface area contributed by atoms with Gasteiger partial charge >= 0.3 is 0 Å². The molecular weight excluding hydrogens is 308 g/mol. The first-order valence-electron chi connectivity index (χ1n) is 8.44. The monoisotopic (exact) mass is 338 g/mol. The molecule has 0 bridgehead atoms. The van der Waals surface area contributed by atoms with E-state index in [1.54, 1.807) is 21.3 Å². The molecule has 0 aromatic heterocycles. The second-order valence-corrected chi connectivity index (χ2v) is 6.26. The molecule has 1 aliphatic heterocycles. The van der Waals surface area contributed by atoms with Gasteiger partial charge in [-0.25, -0.2) is 0 Å². The minimum absolute atomic E-state index is 0.452. The Morgan fingerprint density at radius 2 is 2.00 bits per heavy atom. The highest BCUT2D eigenvalue weighted by molar-refractivity contribution is 5.41. The smallest absolute Gasteiger partial charge is 0.124 e. The van der Waals surface area contributed by atoms with E-state index in [4.69, 9.17) is 14.2 Å². The van der Waals surface area contributed by atoms with Gasteiger partial charge in [0.05, 0.1) is 26.9 Å². The zero-order chi connectivity index (χ0) is 17.5. The molecule has 0 saturated carbocycles. The molecule has 1 aromatic carbocycles. The molecule has 1 N–H and O–H groups in total. The molecule has 0 radical (unpaired) electrons. The first-order valence-corrected chi connectivity index (χ1v) is 8.44. The van der Waals surface area contributed by atoms with Gasteiger partial charge in [-0.1, -0.05) is 0 Å². The minimum atomic E-state index is -0.604. The number of hydrogen-bond acceptors (Lipinski definition) is 6. The van der Waals surface area contributed by atoms with E-state index in [1.807, 2.05) is 18.2 Å². The summed E-state index contributed by atoms with van der Waals surface area (Å²) in [4.78, 5) is 4.73. The molecule has 24 heavy (non-hydrogen) atoms. The number of benzene rings is 1. The second kappa shape index (κ2) is 9.22. The predicted octanol–water partition coefficient (Wildman–Crippen LogP) is 1.39. The quantitative estimate of drug-likeness (QED) is 0.773. The van der Waals surface area contributed by atoms with Gasteiger partial charge in [0.25, 0.3) is 0 Å². The number of rotatable bonds is 8. The van der Waals surface area contributed by atoms with Crippen LogP contribution in [-0.4, -0.2) is 81.6 Å². The van der Waals surface area contributed by atoms with Crippen molar-refractivity contribution in [3.8, 4) is 11.5 Å². The van der Waals surface area contributed by atoms with E-state index < -0.39 is 6.10 Å². The van der Waals surface area contributed by atoms with Crippen LogP contribution < -0.4 is 9.47 Å². The van der Waals surface area contributed by atoms with Crippen LogP contribution >= 0.6 is 0 Å². The molecule has 1 aromatic rings. The van der Waals surface area contributed by atoms with Crippen molar-refractivity contribution in [2.45, 2.75) is 19.1 Å². The SMILES string of the molecule is COCCN1CCN(C[C@H](O)c2cc(OC)ccc2OC)C[C@@H]1C. The summed E-state index contributed by atoms with van der Waals surface area (Å²) in [7, 11) is 4.98. The van der Waals surface area contributed by atoms with Gasteiger partial charge in [-0.15, -0.1) is 0 Å². The van der Waals surface area contributed by atoms with Crippen molar-refractivity contribution in [3.05, 3.63) is 23.8 Å². The van der Waals surface area contributed by atoms with Crippen LogP contribution in [0.3, 0.4) is 0 Å². The topological polar surface area (TPSA) is 54.4 Å². The molecule has 1 heterocycles. The number of piperazine rings is 1. The summed E-state index contributed by atoms with van der Waals surface area (Å²) in [6.45, 7) is 7.40. The summed E-state index contributed by atoms with van der Waals surface area (Å²) < 4.78 is 15.8. The zero-order valence-corrected chi connectivity index (χ0v) is 15.2. The van der Waals surface area contributed by atoms with Gasteiger partial charge in [0, 0.05) is 51.4 Å². The van der Waals surface area contributed by atoms with Crippen LogP contribution in [0.1, 0.15) is 18.6 Å². The fourth-order valence-corrected chi connectivity index (χ4v) is 3.22. The summed E-state index contributed by atoms with van der Waals surface area (Å²) in [5, 5.41) is 10.7. The fourth-order valence-electron chi connectivity index (χ4n) is 3.22. The Morgan fingerprint density at radius 1 is 1.21 bits per heavy atom. The number of β-amino-alcohol motifs (C(OH)–C–C–N with tert-alkyl or cyclic N) is 1. The third-order valence-electron chi connectivity index (χ3n) is 4.66. The van der Waals surface area contributed by atoms with E-state index in [0.717, 1.165) is 44.1 Å². The average molecular weight is 338 g/mol. The van der Waals surface area contributed by atoms with E-state index in [2.05, 4.69) is 16.7 Å². The van der Waals surface area contributed by atoms with Crippen molar-refractivity contribution in [1.29, 1.82) is 0 Å². The maximum atomic E-state index is 10.7. The van der Waals surface area contributed by atoms with Crippen LogP contribution in [0.2, 0.25) is 0 Å². The standard InChI is InChI=1S/C18H30N2O4/c1-14-12-19(7-8-20(14)9-10-22-2)13-17(21)16-11-15(23-3)5-6-18(16)24-4/h5-6,11,14,17,21H,7-10,12-13H2,1-4H3/t14-,17-/m0/s1. The summed E-state index contributed by atoms with van der Waals surface area (Å²) >= 11 is 0. The van der Waals surface area contributed by atoms with Crippen LogP contribution in [0.15, 0.2) is 18.2 Å². The number of methoxy groups -OCH3 is 3. The van der Waals surface area contributed by atoms with E-state index in [9.17, 15) is 5.11 Å². The first-order chi connectivity index (χ1) is 11.6. The Morgan fingerprint density at radius 3 is 2.62 bits per heavy atom. The van der Waals surface area contributed by atoms with E-state index >= 15 is 0 Å². The minimum Gasteiger partial charge on any atom is -0.497 e. The third-order valence-corrected chi connectivity index (χ3v) is 4.66. The molecule has 0 aliphatic carbocycles. The third kappa shape index (κ3) is 4.83. The number of nitrogens with zero attached hydrogens (tertiary/aromatic N) is 2. The zero-order valence-electron chi connectivity index (χ0n) is 15.2. The molecule has 6 heteroatoms. The maximum absolute atomic E-state index is 10.7. The highest BCUT2D eigenvalue weighted by Gasteiger charge is 2.26. The summed E-state index contributed by atoms with van der Waals surface area (Å²) in [6.07, 6.45) is -0.604. The van der Waals surface area contributed by atoms with Gasteiger partial charge in [-0.2, -0.15) is 0 Å². The number of aliphatic hydroxyl groups excluding tert-OH is 1. The summed E-state index contributed by atoms with van der Waals surface area (Å²) in [5.41, 5.74) is 0.770. The van der Waals surface area contributed by atoms with E-state index in [0.29, 0.717) is 18.3 Å². The van der Waals surface area contributed by atoms with Gasteiger partial charge < -0.3 is 19.3 Å². The molecule has 2 atom stereocenters. The Kier molecular flexibility index (Phi) is 7.30. The Bertz CT molecular complexity index is 512. The van der Waals surface area contributed by atoms with E-state index in [1.165, 1.54) is 0 Å². The second-order valence-electron chi connectivity index (χ2n) is 6.26. The van der Waals surface area contributed by atoms with Crippen LogP contribution in [0, 0.1) is 0 Å². The molecule has 1 aliphatic rings. The van der Waals surface area contributed by atoms with Crippen LogP contribution in [0.5, 0.6) is 11.5 Å². The Balaban J connectivity index is 1.96. The van der Waals surface area contributed by atoms with Crippen molar-refractivity contribution in [2.75, 3.05) is 60.7 Å². The first kappa shape index (κ1) is 19.0. The number of hydrogen-bond donors (Lipinski definition) is 1. The molecule has 1 saturated heterocycles. The van der Waals surface area contributed by atoms with Crippen molar-refractivity contribution < 1.29 is 19.3 Å². The Labute approximate surface area is 144 Å². The molecule has 1 fully saturated rings. The molecule has 2 rings (SSSR count). The van der Waals surface area contributed by atoms with Gasteiger partial charge in [-0.05, 0) is 25.1 Å². The summed E-state index contributed by atoms with van der Waals surface area (Å²) in [6, 6.07) is 5.98. The van der Waals surface area contributed by atoms with Crippen LogP contribution in [0.25, 0.3) is 0 Å². The number of aliphatic hydroxyl groups is 1. The maximum Gasteiger partial charge on any atom is 0.124 e. The highest BCUT2D eigenvalue weighted by Crippen LogP contribution is 2.30. The molecule has 0 amide bonds. The van der Waals surface area contributed by atoms with Gasteiger partial charge in [0.1, 0.15) is 11.5 Å². The average Bonchev–Trinajstić information content (AvgIpc) is 2.60. The predicted molar refractivity (Wildman–Crippen MR) is 93.9 cm³/mol. The molecular formula is C18H30N2O4. The van der Waals surface area contributed by atoms with Crippen molar-refractivity contribution in [3.63, 3.8) is 0 Å². The highest BCUT2D eigenvalue weighted by atomic mass is 16.5. The van der Waals surface area contributed by atoms with Crippen LogP contribution in [0.4, 0.5) is 0 Å². The van der Waals surface area contributed by atoms with Crippen molar-refractivity contribution in [2.24, 2.45) is 0 Å². The lowest BCUT2D eigenvalue weighted by Crippen LogP contribution is -2.53. The lowest BCUT2D eigenvalue weighted by atomic mass is 10.1. The van der Waals surface area contributed by atoms with Gasteiger partial charge in [-0.3, -0.25) is 9.80 Å². The molecule has 0 spiro atoms. The summed E-state index contributed by atoms with van der Waals surface area (Å²) in [5.74, 6) is 1.41.